The van der Waals surface area contributed by atoms with Crippen molar-refractivity contribution in [3.05, 3.63) is 74.8 Å². The molecule has 6 heteroatoms. The Hall–Kier alpha value is -2.53. The number of anilines is 1. The van der Waals surface area contributed by atoms with Crippen LogP contribution in [-0.2, 0) is 0 Å². The third-order valence-corrected chi connectivity index (χ3v) is 5.45. The summed E-state index contributed by atoms with van der Waals surface area (Å²) in [6, 6.07) is 10.5. The topological polar surface area (TPSA) is 64.4 Å². The van der Waals surface area contributed by atoms with E-state index in [1.165, 1.54) is 11.6 Å². The second-order valence-electron chi connectivity index (χ2n) is 6.36. The standard InChI is InChI=1S/C19H17ClN2O3/c1-25-17-7-3-6-14-12-4-2-5-13(12)18(21-19(14)17)15-10-11(22(23)24)8-9-16(15)20/h2-4,6-10,12-13,18,21H,5H2,1H3/t12-,13-,18+/m0/s1. The Morgan fingerprint density at radius 1 is 1.28 bits per heavy atom. The third kappa shape index (κ3) is 2.55. The number of benzene rings is 2. The number of hydrogen-bond donors (Lipinski definition) is 1. The van der Waals surface area contributed by atoms with E-state index in [0.717, 1.165) is 23.4 Å². The quantitative estimate of drug-likeness (QED) is 0.473. The van der Waals surface area contributed by atoms with Crippen LogP contribution in [0.1, 0.15) is 29.5 Å². The van der Waals surface area contributed by atoms with Gasteiger partial charge < -0.3 is 10.1 Å². The fourth-order valence-electron chi connectivity index (χ4n) is 3.95. The molecule has 0 amide bonds. The molecule has 0 radical (unpaired) electrons. The Labute approximate surface area is 150 Å². The van der Waals surface area contributed by atoms with E-state index >= 15 is 0 Å². The van der Waals surface area contributed by atoms with Gasteiger partial charge in [-0.1, -0.05) is 35.9 Å². The molecule has 5 nitrogen and oxygen atoms in total. The molecular weight excluding hydrogens is 340 g/mol. The van der Waals surface area contributed by atoms with E-state index in [4.69, 9.17) is 16.3 Å². The Bertz CT molecular complexity index is 881. The van der Waals surface area contributed by atoms with Crippen molar-refractivity contribution in [2.75, 3.05) is 12.4 Å². The number of halogens is 1. The van der Waals surface area contributed by atoms with Crippen molar-refractivity contribution >= 4 is 23.0 Å². The Morgan fingerprint density at radius 2 is 2.12 bits per heavy atom. The smallest absolute Gasteiger partial charge is 0.269 e. The molecule has 0 aromatic heterocycles. The van der Waals surface area contributed by atoms with Crippen LogP contribution in [0, 0.1) is 16.0 Å². The Morgan fingerprint density at radius 3 is 2.88 bits per heavy atom. The van der Waals surface area contributed by atoms with Crippen molar-refractivity contribution in [3.8, 4) is 5.75 Å². The van der Waals surface area contributed by atoms with E-state index in [9.17, 15) is 10.1 Å². The molecule has 1 heterocycles. The highest BCUT2D eigenvalue weighted by Gasteiger charge is 2.40. The molecular formula is C19H17ClN2O3. The van der Waals surface area contributed by atoms with Crippen molar-refractivity contribution in [3.63, 3.8) is 0 Å². The number of fused-ring (bicyclic) bond motifs is 3. The number of para-hydroxylation sites is 1. The summed E-state index contributed by atoms with van der Waals surface area (Å²) in [4.78, 5) is 10.8. The molecule has 2 aromatic rings. The van der Waals surface area contributed by atoms with E-state index in [1.54, 1.807) is 19.2 Å². The average molecular weight is 357 g/mol. The number of hydrogen-bond acceptors (Lipinski definition) is 4. The molecule has 0 saturated carbocycles. The van der Waals surface area contributed by atoms with Crippen LogP contribution in [0.15, 0.2) is 48.6 Å². The molecule has 128 valence electrons. The summed E-state index contributed by atoms with van der Waals surface area (Å²) in [6.07, 6.45) is 5.28. The van der Waals surface area contributed by atoms with Gasteiger partial charge in [-0.3, -0.25) is 10.1 Å². The van der Waals surface area contributed by atoms with E-state index in [2.05, 4.69) is 23.5 Å². The molecule has 0 unspecified atom stereocenters. The molecule has 1 aliphatic carbocycles. The molecule has 2 aromatic carbocycles. The predicted octanol–water partition coefficient (Wildman–Crippen LogP) is 5.08. The van der Waals surface area contributed by atoms with Gasteiger partial charge in [0.25, 0.3) is 5.69 Å². The highest BCUT2D eigenvalue weighted by atomic mass is 35.5. The highest BCUT2D eigenvalue weighted by molar-refractivity contribution is 6.31. The number of nitrogens with zero attached hydrogens (tertiary/aromatic N) is 1. The lowest BCUT2D eigenvalue weighted by atomic mass is 9.77. The fraction of sp³-hybridized carbons (Fsp3) is 0.263. The normalized spacial score (nSPS) is 23.5. The van der Waals surface area contributed by atoms with Gasteiger partial charge in [0, 0.05) is 28.6 Å². The fourth-order valence-corrected chi connectivity index (χ4v) is 4.19. The van der Waals surface area contributed by atoms with Gasteiger partial charge in [-0.2, -0.15) is 0 Å². The van der Waals surface area contributed by atoms with Crippen LogP contribution in [-0.4, -0.2) is 12.0 Å². The second-order valence-corrected chi connectivity index (χ2v) is 6.77. The number of non-ortho nitro benzene ring substituents is 1. The van der Waals surface area contributed by atoms with Crippen LogP contribution in [0.25, 0.3) is 0 Å². The van der Waals surface area contributed by atoms with Gasteiger partial charge in [-0.25, -0.2) is 0 Å². The summed E-state index contributed by atoms with van der Waals surface area (Å²) < 4.78 is 5.51. The third-order valence-electron chi connectivity index (χ3n) is 5.10. The van der Waals surface area contributed by atoms with Gasteiger partial charge >= 0.3 is 0 Å². The van der Waals surface area contributed by atoms with Gasteiger partial charge in [0.1, 0.15) is 5.75 Å². The van der Waals surface area contributed by atoms with Crippen LogP contribution < -0.4 is 10.1 Å². The summed E-state index contributed by atoms with van der Waals surface area (Å²) in [5.41, 5.74) is 2.93. The molecule has 1 N–H and O–H groups in total. The lowest BCUT2D eigenvalue weighted by Crippen LogP contribution is -2.29. The minimum Gasteiger partial charge on any atom is -0.495 e. The highest BCUT2D eigenvalue weighted by Crippen LogP contribution is 2.53. The second kappa shape index (κ2) is 6.08. The van der Waals surface area contributed by atoms with Gasteiger partial charge in [0.05, 0.1) is 23.8 Å². The van der Waals surface area contributed by atoms with E-state index in [0.29, 0.717) is 5.02 Å². The minimum absolute atomic E-state index is 0.0505. The minimum atomic E-state index is -0.387. The van der Waals surface area contributed by atoms with Crippen LogP contribution in [0.5, 0.6) is 5.75 Å². The zero-order chi connectivity index (χ0) is 17.6. The van der Waals surface area contributed by atoms with E-state index in [1.807, 2.05) is 12.1 Å². The lowest BCUT2D eigenvalue weighted by Gasteiger charge is -2.38. The molecule has 0 spiro atoms. The van der Waals surface area contributed by atoms with Crippen LogP contribution >= 0.6 is 11.6 Å². The largest absolute Gasteiger partial charge is 0.495 e. The van der Waals surface area contributed by atoms with Gasteiger partial charge in [0.15, 0.2) is 0 Å². The molecule has 3 atom stereocenters. The summed E-state index contributed by atoms with van der Waals surface area (Å²) in [7, 11) is 1.64. The van der Waals surface area contributed by atoms with Crippen molar-refractivity contribution < 1.29 is 9.66 Å². The van der Waals surface area contributed by atoms with Gasteiger partial charge in [-0.15, -0.1) is 0 Å². The first-order valence-electron chi connectivity index (χ1n) is 8.14. The maximum absolute atomic E-state index is 11.2. The number of nitro benzene ring substituents is 1. The molecule has 1 aliphatic heterocycles. The Balaban J connectivity index is 1.84. The average Bonchev–Trinajstić information content (AvgIpc) is 3.11. The number of nitro groups is 1. The number of allylic oxidation sites excluding steroid dienone is 2. The molecule has 25 heavy (non-hydrogen) atoms. The zero-order valence-electron chi connectivity index (χ0n) is 13.6. The molecule has 4 rings (SSSR count). The number of nitrogens with one attached hydrogen (secondary N) is 1. The van der Waals surface area contributed by atoms with Crippen LogP contribution in [0.4, 0.5) is 11.4 Å². The predicted molar refractivity (Wildman–Crippen MR) is 97.5 cm³/mol. The van der Waals surface area contributed by atoms with Gasteiger partial charge in [0.2, 0.25) is 0 Å². The Kier molecular flexibility index (Phi) is 3.88. The maximum Gasteiger partial charge on any atom is 0.269 e. The van der Waals surface area contributed by atoms with E-state index in [-0.39, 0.29) is 28.5 Å². The first-order chi connectivity index (χ1) is 12.1. The lowest BCUT2D eigenvalue weighted by molar-refractivity contribution is -0.384. The van der Waals surface area contributed by atoms with Crippen molar-refractivity contribution in [2.45, 2.75) is 18.4 Å². The zero-order valence-corrected chi connectivity index (χ0v) is 14.4. The van der Waals surface area contributed by atoms with Crippen molar-refractivity contribution in [2.24, 2.45) is 5.92 Å². The first kappa shape index (κ1) is 16.0. The monoisotopic (exact) mass is 356 g/mol. The maximum atomic E-state index is 11.2. The first-order valence-corrected chi connectivity index (χ1v) is 8.52. The summed E-state index contributed by atoms with van der Waals surface area (Å²) in [5.74, 6) is 1.27. The van der Waals surface area contributed by atoms with E-state index < -0.39 is 0 Å². The number of ether oxygens (including phenoxy) is 1. The van der Waals surface area contributed by atoms with Gasteiger partial charge in [-0.05, 0) is 30.0 Å². The number of methoxy groups -OCH3 is 1. The van der Waals surface area contributed by atoms with Crippen molar-refractivity contribution in [1.29, 1.82) is 0 Å². The molecule has 0 saturated heterocycles. The SMILES string of the molecule is COc1cccc2c1N[C@@H](c1cc([N+](=O)[O-])ccc1Cl)[C@H]1CC=C[C@H]21. The number of rotatable bonds is 3. The molecule has 0 fully saturated rings. The molecule has 2 aliphatic rings. The van der Waals surface area contributed by atoms with Crippen LogP contribution in [0.2, 0.25) is 5.02 Å². The molecule has 0 bridgehead atoms. The summed E-state index contributed by atoms with van der Waals surface area (Å²) in [5, 5.41) is 15.3. The van der Waals surface area contributed by atoms with Crippen LogP contribution in [0.3, 0.4) is 0 Å². The summed E-state index contributed by atoms with van der Waals surface area (Å²) in [6.45, 7) is 0. The summed E-state index contributed by atoms with van der Waals surface area (Å²) >= 11 is 6.41. The van der Waals surface area contributed by atoms with Crippen molar-refractivity contribution in [1.82, 2.24) is 0 Å².